The molecule has 2 amide bonds. The Morgan fingerprint density at radius 2 is 1.76 bits per heavy atom. The first-order chi connectivity index (χ1) is 12.0. The van der Waals surface area contributed by atoms with Crippen molar-refractivity contribution < 1.29 is 14.0 Å². The summed E-state index contributed by atoms with van der Waals surface area (Å²) in [5, 5.41) is 7.92. The lowest BCUT2D eigenvalue weighted by Gasteiger charge is -2.09. The lowest BCUT2D eigenvalue weighted by atomic mass is 10.2. The van der Waals surface area contributed by atoms with Gasteiger partial charge in [-0.05, 0) is 36.4 Å². The van der Waals surface area contributed by atoms with Gasteiger partial charge < -0.3 is 15.1 Å². The number of carbonyl (C=O) groups is 2. The van der Waals surface area contributed by atoms with Crippen molar-refractivity contribution in [3.05, 3.63) is 53.7 Å². The summed E-state index contributed by atoms with van der Waals surface area (Å²) in [7, 11) is 0. The Hall–Kier alpha value is -2.93. The minimum atomic E-state index is -0.298. The van der Waals surface area contributed by atoms with Gasteiger partial charge >= 0.3 is 0 Å². The second-order valence-corrected chi connectivity index (χ2v) is 6.55. The number of aromatic nitrogens is 1. The van der Waals surface area contributed by atoms with E-state index in [0.717, 1.165) is 0 Å². The Bertz CT molecular complexity index is 867. The third-order valence-corrected chi connectivity index (χ3v) is 4.26. The number of amides is 2. The molecule has 0 aliphatic rings. The average Bonchev–Trinajstić information content (AvgIpc) is 3.27. The van der Waals surface area contributed by atoms with Gasteiger partial charge in [0, 0.05) is 22.7 Å². The predicted molar refractivity (Wildman–Crippen MR) is 97.7 cm³/mol. The first-order valence-corrected chi connectivity index (χ1v) is 8.62. The molecule has 0 saturated carbocycles. The van der Waals surface area contributed by atoms with Gasteiger partial charge in [0.2, 0.25) is 5.91 Å². The molecule has 2 N–H and O–H groups in total. The van der Waals surface area contributed by atoms with Crippen LogP contribution in [0.3, 0.4) is 0 Å². The Morgan fingerprint density at radius 3 is 2.36 bits per heavy atom. The monoisotopic (exact) mass is 355 g/mol. The fraction of sp³-hybridized carbons (Fsp3) is 0.167. The molecule has 0 aliphatic carbocycles. The molecule has 6 nitrogen and oxygen atoms in total. The number of rotatable bonds is 5. The molecule has 3 aromatic rings. The van der Waals surface area contributed by atoms with Gasteiger partial charge in [-0.25, -0.2) is 4.98 Å². The second kappa shape index (κ2) is 7.31. The molecule has 1 aromatic carbocycles. The number of thiazole rings is 1. The van der Waals surface area contributed by atoms with Gasteiger partial charge in [0.05, 0.1) is 6.26 Å². The van der Waals surface area contributed by atoms with Crippen LogP contribution in [-0.4, -0.2) is 16.8 Å². The van der Waals surface area contributed by atoms with Crippen molar-refractivity contribution in [3.63, 3.8) is 0 Å². The average molecular weight is 355 g/mol. The Morgan fingerprint density at radius 1 is 1.08 bits per heavy atom. The summed E-state index contributed by atoms with van der Waals surface area (Å²) >= 11 is 1.34. The van der Waals surface area contributed by atoms with Crippen LogP contribution in [0.4, 0.5) is 11.4 Å². The second-order valence-electron chi connectivity index (χ2n) is 5.69. The number of hydrogen-bond donors (Lipinski definition) is 2. The molecule has 0 bridgehead atoms. The quantitative estimate of drug-likeness (QED) is 0.716. The Labute approximate surface area is 148 Å². The number of benzene rings is 1. The molecule has 0 fully saturated rings. The lowest BCUT2D eigenvalue weighted by molar-refractivity contribution is -0.118. The van der Waals surface area contributed by atoms with Crippen LogP contribution in [0.1, 0.15) is 24.3 Å². The zero-order valence-electron chi connectivity index (χ0n) is 13.8. The van der Waals surface area contributed by atoms with E-state index in [2.05, 4.69) is 15.6 Å². The Balaban J connectivity index is 1.64. The van der Waals surface area contributed by atoms with E-state index in [1.54, 1.807) is 48.0 Å². The molecule has 2 aromatic heterocycles. The maximum atomic E-state index is 12.3. The highest BCUT2D eigenvalue weighted by Gasteiger charge is 2.13. The predicted octanol–water partition coefficient (Wildman–Crippen LogP) is 4.25. The van der Waals surface area contributed by atoms with Crippen LogP contribution in [-0.2, 0) is 4.79 Å². The summed E-state index contributed by atoms with van der Waals surface area (Å²) in [6.45, 7) is 3.66. The number of nitrogens with one attached hydrogen (secondary N) is 2. The summed E-state index contributed by atoms with van der Waals surface area (Å²) in [5.41, 5.74) is 1.64. The van der Waals surface area contributed by atoms with Gasteiger partial charge in [-0.2, -0.15) is 0 Å². The summed E-state index contributed by atoms with van der Waals surface area (Å²) in [4.78, 5) is 28.2. The highest BCUT2D eigenvalue weighted by molar-refractivity contribution is 7.13. The molecule has 0 unspecified atom stereocenters. The number of anilines is 2. The van der Waals surface area contributed by atoms with Gasteiger partial charge in [0.15, 0.2) is 10.8 Å². The molecule has 3 rings (SSSR count). The molecule has 25 heavy (non-hydrogen) atoms. The third-order valence-electron chi connectivity index (χ3n) is 3.40. The molecule has 128 valence electrons. The SMILES string of the molecule is CC(C)C(=O)Nc1ccc(NC(=O)c2csc(-c3ccco3)n2)cc1. The standard InChI is InChI=1S/C18H17N3O3S/c1-11(2)16(22)19-12-5-7-13(8-6-12)20-17(23)14-10-25-18(21-14)15-4-3-9-24-15/h3-11H,1-2H3,(H,19,22)(H,20,23). The number of nitrogens with zero attached hydrogens (tertiary/aromatic N) is 1. The van der Waals surface area contributed by atoms with Crippen molar-refractivity contribution in [2.75, 3.05) is 10.6 Å². The zero-order valence-corrected chi connectivity index (χ0v) is 14.6. The van der Waals surface area contributed by atoms with Gasteiger partial charge in [0.1, 0.15) is 5.69 Å². The van der Waals surface area contributed by atoms with Crippen LogP contribution in [0.15, 0.2) is 52.5 Å². The molecule has 0 spiro atoms. The Kier molecular flexibility index (Phi) is 4.95. The fourth-order valence-electron chi connectivity index (χ4n) is 2.01. The van der Waals surface area contributed by atoms with Gasteiger partial charge in [-0.1, -0.05) is 13.8 Å². The molecule has 7 heteroatoms. The van der Waals surface area contributed by atoms with Crippen molar-refractivity contribution in [1.29, 1.82) is 0 Å². The smallest absolute Gasteiger partial charge is 0.275 e. The van der Waals surface area contributed by atoms with Crippen molar-refractivity contribution in [1.82, 2.24) is 4.98 Å². The van der Waals surface area contributed by atoms with E-state index in [1.807, 2.05) is 13.8 Å². The van der Waals surface area contributed by atoms with Gasteiger partial charge in [-0.15, -0.1) is 11.3 Å². The van der Waals surface area contributed by atoms with E-state index in [9.17, 15) is 9.59 Å². The molecule has 0 atom stereocenters. The molecule has 0 saturated heterocycles. The van der Waals surface area contributed by atoms with E-state index in [1.165, 1.54) is 11.3 Å². The summed E-state index contributed by atoms with van der Waals surface area (Å²) < 4.78 is 5.27. The molecular weight excluding hydrogens is 338 g/mol. The highest BCUT2D eigenvalue weighted by atomic mass is 32.1. The first-order valence-electron chi connectivity index (χ1n) is 7.74. The van der Waals surface area contributed by atoms with E-state index in [4.69, 9.17) is 4.42 Å². The van der Waals surface area contributed by atoms with Gasteiger partial charge in [0.25, 0.3) is 5.91 Å². The number of hydrogen-bond acceptors (Lipinski definition) is 5. The van der Waals surface area contributed by atoms with Crippen molar-refractivity contribution >= 4 is 34.5 Å². The molecule has 0 radical (unpaired) electrons. The summed E-state index contributed by atoms with van der Waals surface area (Å²) in [5.74, 6) is 0.194. The maximum Gasteiger partial charge on any atom is 0.275 e. The van der Waals surface area contributed by atoms with Crippen molar-refractivity contribution in [2.45, 2.75) is 13.8 Å². The molecule has 0 aliphatic heterocycles. The third kappa shape index (κ3) is 4.13. The lowest BCUT2D eigenvalue weighted by Crippen LogP contribution is -2.17. The minimum absolute atomic E-state index is 0.0512. The molecule has 2 heterocycles. The van der Waals surface area contributed by atoms with E-state index in [0.29, 0.717) is 27.8 Å². The van der Waals surface area contributed by atoms with E-state index in [-0.39, 0.29) is 17.7 Å². The largest absolute Gasteiger partial charge is 0.462 e. The van der Waals surface area contributed by atoms with E-state index >= 15 is 0 Å². The van der Waals surface area contributed by atoms with Crippen LogP contribution in [0.25, 0.3) is 10.8 Å². The maximum absolute atomic E-state index is 12.3. The normalized spacial score (nSPS) is 10.7. The van der Waals surface area contributed by atoms with Crippen molar-refractivity contribution in [2.24, 2.45) is 5.92 Å². The minimum Gasteiger partial charge on any atom is -0.462 e. The van der Waals surface area contributed by atoms with Crippen LogP contribution in [0.2, 0.25) is 0 Å². The summed E-state index contributed by atoms with van der Waals surface area (Å²) in [6.07, 6.45) is 1.57. The summed E-state index contributed by atoms with van der Waals surface area (Å²) in [6, 6.07) is 10.5. The van der Waals surface area contributed by atoms with Crippen LogP contribution in [0, 0.1) is 5.92 Å². The van der Waals surface area contributed by atoms with Crippen LogP contribution >= 0.6 is 11.3 Å². The van der Waals surface area contributed by atoms with Crippen LogP contribution in [0.5, 0.6) is 0 Å². The highest BCUT2D eigenvalue weighted by Crippen LogP contribution is 2.24. The van der Waals surface area contributed by atoms with E-state index < -0.39 is 0 Å². The molecular formula is C18H17N3O3S. The number of furan rings is 1. The fourth-order valence-corrected chi connectivity index (χ4v) is 2.78. The first kappa shape index (κ1) is 16.9. The topological polar surface area (TPSA) is 84.2 Å². The van der Waals surface area contributed by atoms with Crippen LogP contribution < -0.4 is 10.6 Å². The zero-order chi connectivity index (χ0) is 17.8. The van der Waals surface area contributed by atoms with Gasteiger partial charge in [-0.3, -0.25) is 9.59 Å². The number of carbonyl (C=O) groups excluding carboxylic acids is 2. The van der Waals surface area contributed by atoms with Crippen molar-refractivity contribution in [3.8, 4) is 10.8 Å².